The number of amides is 1. The molecule has 1 N–H and O–H groups in total. The highest BCUT2D eigenvalue weighted by molar-refractivity contribution is 5.94. The number of nitrogens with zero attached hydrogens (tertiary/aromatic N) is 3. The Kier molecular flexibility index (Phi) is 6.56. The van der Waals surface area contributed by atoms with E-state index < -0.39 is 0 Å². The van der Waals surface area contributed by atoms with Gasteiger partial charge in [0, 0.05) is 30.9 Å². The average Bonchev–Trinajstić information content (AvgIpc) is 3.34. The lowest BCUT2D eigenvalue weighted by atomic mass is 10.0. The number of benzene rings is 3. The maximum absolute atomic E-state index is 13.0. The van der Waals surface area contributed by atoms with Gasteiger partial charge in [-0.15, -0.1) is 0 Å². The summed E-state index contributed by atoms with van der Waals surface area (Å²) in [6, 6.07) is 23.7. The predicted molar refractivity (Wildman–Crippen MR) is 132 cm³/mol. The molecular weight excluding hydrogens is 428 g/mol. The fourth-order valence-electron chi connectivity index (χ4n) is 4.40. The monoisotopic (exact) mass is 456 g/mol. The number of carbonyl (C=O) groups is 1. The Morgan fingerprint density at radius 1 is 1.03 bits per heavy atom. The fourth-order valence-corrected chi connectivity index (χ4v) is 4.40. The molecule has 0 saturated carbocycles. The van der Waals surface area contributed by atoms with Gasteiger partial charge >= 0.3 is 0 Å². The van der Waals surface area contributed by atoms with Crippen molar-refractivity contribution in [2.45, 2.75) is 6.04 Å². The lowest BCUT2D eigenvalue weighted by Gasteiger charge is -2.35. The first-order chi connectivity index (χ1) is 16.7. The molecule has 1 aromatic heterocycles. The van der Waals surface area contributed by atoms with E-state index in [9.17, 15) is 4.79 Å². The maximum Gasteiger partial charge on any atom is 0.251 e. The summed E-state index contributed by atoms with van der Waals surface area (Å²) in [6.45, 7) is 3.58. The van der Waals surface area contributed by atoms with E-state index in [1.54, 1.807) is 7.11 Å². The first-order valence-corrected chi connectivity index (χ1v) is 11.5. The van der Waals surface area contributed by atoms with E-state index in [1.807, 2.05) is 71.6 Å². The van der Waals surface area contributed by atoms with E-state index in [2.05, 4.69) is 27.3 Å². The van der Waals surface area contributed by atoms with E-state index >= 15 is 0 Å². The molecule has 2 heterocycles. The molecule has 7 heteroatoms. The van der Waals surface area contributed by atoms with Crippen LogP contribution >= 0.6 is 0 Å². The Hall–Kier alpha value is -3.68. The zero-order valence-electron chi connectivity index (χ0n) is 19.2. The van der Waals surface area contributed by atoms with Crippen molar-refractivity contribution in [1.82, 2.24) is 19.8 Å². The molecule has 1 aliphatic rings. The minimum Gasteiger partial charge on any atom is -0.497 e. The smallest absolute Gasteiger partial charge is 0.251 e. The summed E-state index contributed by atoms with van der Waals surface area (Å²) in [4.78, 5) is 19.8. The van der Waals surface area contributed by atoms with Gasteiger partial charge in [0.2, 0.25) is 0 Å². The summed E-state index contributed by atoms with van der Waals surface area (Å²) < 4.78 is 12.9. The van der Waals surface area contributed by atoms with Gasteiger partial charge in [0.25, 0.3) is 5.91 Å². The molecule has 0 bridgehead atoms. The van der Waals surface area contributed by atoms with Crippen molar-refractivity contribution in [3.05, 3.63) is 90.3 Å². The first-order valence-electron chi connectivity index (χ1n) is 11.5. The Labute approximate surface area is 198 Å². The number of imidazole rings is 1. The minimum absolute atomic E-state index is 0.0651. The first kappa shape index (κ1) is 22.1. The van der Waals surface area contributed by atoms with Crippen molar-refractivity contribution in [2.24, 2.45) is 0 Å². The molecule has 4 aromatic rings. The zero-order valence-corrected chi connectivity index (χ0v) is 19.2. The molecule has 0 aliphatic carbocycles. The molecule has 3 aromatic carbocycles. The molecular formula is C27H28N4O3. The second-order valence-corrected chi connectivity index (χ2v) is 8.30. The largest absolute Gasteiger partial charge is 0.497 e. The van der Waals surface area contributed by atoms with Gasteiger partial charge in [-0.3, -0.25) is 14.3 Å². The van der Waals surface area contributed by atoms with Crippen LogP contribution in [-0.4, -0.2) is 60.3 Å². The lowest BCUT2D eigenvalue weighted by molar-refractivity contribution is 0.0162. The van der Waals surface area contributed by atoms with Gasteiger partial charge in [0.05, 0.1) is 37.4 Å². The number of hydrogen-bond donors (Lipinski definition) is 1. The summed E-state index contributed by atoms with van der Waals surface area (Å²) in [6.07, 6.45) is 1.81. The van der Waals surface area contributed by atoms with E-state index in [0.29, 0.717) is 25.3 Å². The summed E-state index contributed by atoms with van der Waals surface area (Å²) in [7, 11) is 1.66. The number of rotatable bonds is 7. The van der Waals surface area contributed by atoms with Crippen molar-refractivity contribution >= 4 is 16.9 Å². The summed E-state index contributed by atoms with van der Waals surface area (Å²) in [5, 5.41) is 3.14. The molecule has 0 spiro atoms. The van der Waals surface area contributed by atoms with Gasteiger partial charge < -0.3 is 14.8 Å². The standard InChI is InChI=1S/C27H28N4O3/c1-33-23-12-8-20(9-13-23)26(30-14-16-34-17-15-30)18-28-27(32)21-6-10-22(11-7-21)31-19-29-24-4-2-3-5-25(24)31/h2-13,19,26H,14-18H2,1H3,(H,28,32)/t26-/m0/s1. The van der Waals surface area contributed by atoms with Gasteiger partial charge in [-0.25, -0.2) is 4.98 Å². The van der Waals surface area contributed by atoms with E-state index in [0.717, 1.165) is 41.1 Å². The Bertz CT molecular complexity index is 1250. The topological polar surface area (TPSA) is 68.6 Å². The number of morpholine rings is 1. The predicted octanol–water partition coefficient (Wildman–Crippen LogP) is 3.84. The van der Waals surface area contributed by atoms with Crippen molar-refractivity contribution in [1.29, 1.82) is 0 Å². The summed E-state index contributed by atoms with van der Waals surface area (Å²) >= 11 is 0. The normalized spacial score (nSPS) is 15.2. The SMILES string of the molecule is COc1ccc([C@H](CNC(=O)c2ccc(-n3cnc4ccccc43)cc2)N2CCOCC2)cc1. The van der Waals surface area contributed by atoms with E-state index in [-0.39, 0.29) is 11.9 Å². The summed E-state index contributed by atoms with van der Waals surface area (Å²) in [5.41, 5.74) is 4.72. The molecule has 174 valence electrons. The van der Waals surface area contributed by atoms with Crippen molar-refractivity contribution < 1.29 is 14.3 Å². The highest BCUT2D eigenvalue weighted by Crippen LogP contribution is 2.24. The Morgan fingerprint density at radius 3 is 2.50 bits per heavy atom. The van der Waals surface area contributed by atoms with Crippen LogP contribution < -0.4 is 10.1 Å². The third-order valence-corrected chi connectivity index (χ3v) is 6.30. The van der Waals surface area contributed by atoms with Crippen molar-refractivity contribution in [3.63, 3.8) is 0 Å². The number of ether oxygens (including phenoxy) is 2. The average molecular weight is 457 g/mol. The fraction of sp³-hybridized carbons (Fsp3) is 0.259. The zero-order chi connectivity index (χ0) is 23.3. The van der Waals surface area contributed by atoms with E-state index in [4.69, 9.17) is 9.47 Å². The van der Waals surface area contributed by atoms with Gasteiger partial charge in [-0.1, -0.05) is 24.3 Å². The second kappa shape index (κ2) is 10.1. The Morgan fingerprint density at radius 2 is 1.76 bits per heavy atom. The number of methoxy groups -OCH3 is 1. The van der Waals surface area contributed by atoms with Crippen LogP contribution in [0.15, 0.2) is 79.1 Å². The number of para-hydroxylation sites is 2. The van der Waals surface area contributed by atoms with Crippen molar-refractivity contribution in [2.75, 3.05) is 40.0 Å². The molecule has 5 rings (SSSR count). The molecule has 0 radical (unpaired) electrons. The second-order valence-electron chi connectivity index (χ2n) is 8.30. The van der Waals surface area contributed by atoms with Gasteiger partial charge in [0.1, 0.15) is 12.1 Å². The van der Waals surface area contributed by atoms with Crippen LogP contribution in [0, 0.1) is 0 Å². The molecule has 1 saturated heterocycles. The van der Waals surface area contributed by atoms with Gasteiger partial charge in [-0.05, 0) is 54.1 Å². The number of hydrogen-bond acceptors (Lipinski definition) is 5. The highest BCUT2D eigenvalue weighted by Gasteiger charge is 2.23. The van der Waals surface area contributed by atoms with Crippen LogP contribution in [0.3, 0.4) is 0 Å². The van der Waals surface area contributed by atoms with Crippen LogP contribution in [0.1, 0.15) is 22.0 Å². The van der Waals surface area contributed by atoms with Crippen molar-refractivity contribution in [3.8, 4) is 11.4 Å². The highest BCUT2D eigenvalue weighted by atomic mass is 16.5. The molecule has 1 aliphatic heterocycles. The number of aromatic nitrogens is 2. The summed E-state index contributed by atoms with van der Waals surface area (Å²) in [5.74, 6) is 0.730. The third kappa shape index (κ3) is 4.66. The minimum atomic E-state index is -0.0891. The van der Waals surface area contributed by atoms with Crippen LogP contribution in [0.25, 0.3) is 16.7 Å². The van der Waals surface area contributed by atoms with Gasteiger partial charge in [-0.2, -0.15) is 0 Å². The number of carbonyl (C=O) groups excluding carboxylic acids is 1. The maximum atomic E-state index is 13.0. The molecule has 34 heavy (non-hydrogen) atoms. The number of nitrogens with one attached hydrogen (secondary N) is 1. The Balaban J connectivity index is 1.29. The number of fused-ring (bicyclic) bond motifs is 1. The van der Waals surface area contributed by atoms with E-state index in [1.165, 1.54) is 0 Å². The van der Waals surface area contributed by atoms with Gasteiger partial charge in [0.15, 0.2) is 0 Å². The molecule has 7 nitrogen and oxygen atoms in total. The molecule has 1 atom stereocenters. The molecule has 1 fully saturated rings. The quantitative estimate of drug-likeness (QED) is 0.458. The lowest BCUT2D eigenvalue weighted by Crippen LogP contribution is -2.43. The third-order valence-electron chi connectivity index (χ3n) is 6.30. The van der Waals surface area contributed by atoms with Crippen LogP contribution in [0.2, 0.25) is 0 Å². The van der Waals surface area contributed by atoms with Crippen LogP contribution in [-0.2, 0) is 4.74 Å². The molecule has 0 unspecified atom stereocenters. The van der Waals surface area contributed by atoms with Crippen LogP contribution in [0.5, 0.6) is 5.75 Å². The van der Waals surface area contributed by atoms with Crippen LogP contribution in [0.4, 0.5) is 0 Å². The molecule has 1 amide bonds.